The van der Waals surface area contributed by atoms with Crippen LogP contribution in [0.2, 0.25) is 0 Å². The Morgan fingerprint density at radius 3 is 2.38 bits per heavy atom. The van der Waals surface area contributed by atoms with Gasteiger partial charge in [0.15, 0.2) is 0 Å². The SMILES string of the molecule is CC1CCCN(C(=O)c2ccc(Nc3ccc(C(C)(C)C)cc3)cn2)C1. The van der Waals surface area contributed by atoms with Gasteiger partial charge < -0.3 is 10.2 Å². The molecule has 1 aliphatic rings. The molecule has 0 bridgehead atoms. The van der Waals surface area contributed by atoms with Crippen LogP contribution in [0.3, 0.4) is 0 Å². The van der Waals surface area contributed by atoms with Crippen molar-refractivity contribution in [2.45, 2.75) is 46.0 Å². The average molecular weight is 351 g/mol. The van der Waals surface area contributed by atoms with E-state index in [-0.39, 0.29) is 11.3 Å². The summed E-state index contributed by atoms with van der Waals surface area (Å²) in [7, 11) is 0. The third kappa shape index (κ3) is 4.43. The molecule has 2 heterocycles. The van der Waals surface area contributed by atoms with Crippen LogP contribution in [0.5, 0.6) is 0 Å². The molecule has 0 spiro atoms. The van der Waals surface area contributed by atoms with Gasteiger partial charge in [0.05, 0.1) is 11.9 Å². The fraction of sp³-hybridized carbons (Fsp3) is 0.455. The number of aromatic nitrogens is 1. The van der Waals surface area contributed by atoms with Crippen molar-refractivity contribution in [2.75, 3.05) is 18.4 Å². The number of pyridine rings is 1. The molecule has 4 nitrogen and oxygen atoms in total. The second-order valence-corrected chi connectivity index (χ2v) is 8.38. The quantitative estimate of drug-likeness (QED) is 0.847. The predicted molar refractivity (Wildman–Crippen MR) is 107 cm³/mol. The molecule has 1 aromatic carbocycles. The van der Waals surface area contributed by atoms with Crippen molar-refractivity contribution in [3.8, 4) is 0 Å². The monoisotopic (exact) mass is 351 g/mol. The lowest BCUT2D eigenvalue weighted by Crippen LogP contribution is -2.39. The fourth-order valence-electron chi connectivity index (χ4n) is 3.35. The highest BCUT2D eigenvalue weighted by atomic mass is 16.2. The van der Waals surface area contributed by atoms with Crippen LogP contribution in [0.25, 0.3) is 0 Å². The zero-order chi connectivity index (χ0) is 18.7. The van der Waals surface area contributed by atoms with Gasteiger partial charge in [0.25, 0.3) is 5.91 Å². The average Bonchev–Trinajstić information content (AvgIpc) is 2.61. The van der Waals surface area contributed by atoms with Crippen LogP contribution in [0.1, 0.15) is 56.6 Å². The van der Waals surface area contributed by atoms with Crippen LogP contribution in [0.4, 0.5) is 11.4 Å². The van der Waals surface area contributed by atoms with Gasteiger partial charge in [-0.3, -0.25) is 4.79 Å². The third-order valence-corrected chi connectivity index (χ3v) is 4.97. The molecule has 138 valence electrons. The Hall–Kier alpha value is -2.36. The van der Waals surface area contributed by atoms with E-state index in [1.54, 1.807) is 6.20 Å². The third-order valence-electron chi connectivity index (χ3n) is 4.97. The molecule has 3 rings (SSSR count). The molecular weight excluding hydrogens is 322 g/mol. The van der Waals surface area contributed by atoms with Gasteiger partial charge in [-0.2, -0.15) is 0 Å². The van der Waals surface area contributed by atoms with Gasteiger partial charge >= 0.3 is 0 Å². The zero-order valence-corrected chi connectivity index (χ0v) is 16.2. The number of nitrogens with one attached hydrogen (secondary N) is 1. The molecule has 1 amide bonds. The van der Waals surface area contributed by atoms with Crippen molar-refractivity contribution < 1.29 is 4.79 Å². The lowest BCUT2D eigenvalue weighted by molar-refractivity contribution is 0.0677. The molecule has 1 aliphatic heterocycles. The number of carbonyl (C=O) groups excluding carboxylic acids is 1. The minimum absolute atomic E-state index is 0.0395. The highest BCUT2D eigenvalue weighted by Gasteiger charge is 2.22. The first kappa shape index (κ1) is 18.4. The molecular formula is C22H29N3O. The molecule has 2 aromatic rings. The highest BCUT2D eigenvalue weighted by molar-refractivity contribution is 5.92. The van der Waals surface area contributed by atoms with E-state index in [9.17, 15) is 4.79 Å². The van der Waals surface area contributed by atoms with Crippen molar-refractivity contribution in [2.24, 2.45) is 5.92 Å². The smallest absolute Gasteiger partial charge is 0.272 e. The molecule has 0 aliphatic carbocycles. The lowest BCUT2D eigenvalue weighted by Gasteiger charge is -2.30. The number of carbonyl (C=O) groups is 1. The summed E-state index contributed by atoms with van der Waals surface area (Å²) < 4.78 is 0. The number of hydrogen-bond donors (Lipinski definition) is 1. The molecule has 0 saturated carbocycles. The number of rotatable bonds is 3. The van der Waals surface area contributed by atoms with Gasteiger partial charge in [-0.25, -0.2) is 4.98 Å². The summed E-state index contributed by atoms with van der Waals surface area (Å²) in [6.45, 7) is 10.5. The molecule has 1 saturated heterocycles. The topological polar surface area (TPSA) is 45.2 Å². The molecule has 1 aromatic heterocycles. The molecule has 1 fully saturated rings. The van der Waals surface area contributed by atoms with E-state index in [2.05, 4.69) is 62.3 Å². The van der Waals surface area contributed by atoms with Crippen LogP contribution in [0, 0.1) is 5.92 Å². The summed E-state index contributed by atoms with van der Waals surface area (Å²) in [5, 5.41) is 3.35. The van der Waals surface area contributed by atoms with E-state index in [1.807, 2.05) is 17.0 Å². The van der Waals surface area contributed by atoms with E-state index < -0.39 is 0 Å². The fourth-order valence-corrected chi connectivity index (χ4v) is 3.35. The molecule has 4 heteroatoms. The number of piperidine rings is 1. The summed E-state index contributed by atoms with van der Waals surface area (Å²) in [5.41, 5.74) is 3.88. The van der Waals surface area contributed by atoms with Gasteiger partial charge in [-0.05, 0) is 54.0 Å². The number of benzene rings is 1. The van der Waals surface area contributed by atoms with Crippen LogP contribution in [-0.2, 0) is 5.41 Å². The standard InChI is InChI=1S/C22H29N3O/c1-16-6-5-13-25(15-16)21(26)20-12-11-19(14-23-20)24-18-9-7-17(8-10-18)22(2,3)4/h7-12,14,16,24H,5-6,13,15H2,1-4H3. The Morgan fingerprint density at radius 1 is 1.12 bits per heavy atom. The maximum Gasteiger partial charge on any atom is 0.272 e. The molecule has 1 N–H and O–H groups in total. The summed E-state index contributed by atoms with van der Waals surface area (Å²) in [6.07, 6.45) is 4.02. The van der Waals surface area contributed by atoms with Crippen molar-refractivity contribution in [3.63, 3.8) is 0 Å². The van der Waals surface area contributed by atoms with Crippen molar-refractivity contribution >= 4 is 17.3 Å². The van der Waals surface area contributed by atoms with Gasteiger partial charge in [0.1, 0.15) is 5.69 Å². The second-order valence-electron chi connectivity index (χ2n) is 8.38. The van der Waals surface area contributed by atoms with Crippen molar-refractivity contribution in [1.29, 1.82) is 0 Å². The molecule has 26 heavy (non-hydrogen) atoms. The predicted octanol–water partition coefficient (Wildman–Crippen LogP) is 4.99. The molecule has 1 atom stereocenters. The van der Waals surface area contributed by atoms with Crippen LogP contribution < -0.4 is 5.32 Å². The lowest BCUT2D eigenvalue weighted by atomic mass is 9.87. The minimum atomic E-state index is 0.0395. The van der Waals surface area contributed by atoms with E-state index in [0.717, 1.165) is 30.9 Å². The first-order chi connectivity index (χ1) is 12.3. The van der Waals surface area contributed by atoms with Crippen LogP contribution >= 0.6 is 0 Å². The van der Waals surface area contributed by atoms with E-state index in [4.69, 9.17) is 0 Å². The Morgan fingerprint density at radius 2 is 1.81 bits per heavy atom. The number of likely N-dealkylation sites (tertiary alicyclic amines) is 1. The Balaban J connectivity index is 1.65. The zero-order valence-electron chi connectivity index (χ0n) is 16.2. The number of anilines is 2. The number of amides is 1. The summed E-state index contributed by atoms with van der Waals surface area (Å²) in [6, 6.07) is 12.2. The first-order valence-corrected chi connectivity index (χ1v) is 9.46. The highest BCUT2D eigenvalue weighted by Crippen LogP contribution is 2.25. The normalized spacial score (nSPS) is 17.8. The van der Waals surface area contributed by atoms with Crippen LogP contribution in [-0.4, -0.2) is 28.9 Å². The maximum atomic E-state index is 12.6. The van der Waals surface area contributed by atoms with Crippen molar-refractivity contribution in [3.05, 3.63) is 53.9 Å². The Labute approximate surface area is 156 Å². The van der Waals surface area contributed by atoms with E-state index >= 15 is 0 Å². The number of hydrogen-bond acceptors (Lipinski definition) is 3. The molecule has 0 radical (unpaired) electrons. The largest absolute Gasteiger partial charge is 0.354 e. The van der Waals surface area contributed by atoms with Crippen molar-refractivity contribution in [1.82, 2.24) is 9.88 Å². The second kappa shape index (κ2) is 7.48. The van der Waals surface area contributed by atoms with Gasteiger partial charge in [-0.15, -0.1) is 0 Å². The van der Waals surface area contributed by atoms with E-state index in [0.29, 0.717) is 11.6 Å². The Bertz CT molecular complexity index is 744. The minimum Gasteiger partial charge on any atom is -0.354 e. The maximum absolute atomic E-state index is 12.6. The summed E-state index contributed by atoms with van der Waals surface area (Å²) in [4.78, 5) is 18.9. The van der Waals surface area contributed by atoms with Gasteiger partial charge in [0, 0.05) is 18.8 Å². The molecule has 1 unspecified atom stereocenters. The summed E-state index contributed by atoms with van der Waals surface area (Å²) >= 11 is 0. The number of nitrogens with zero attached hydrogens (tertiary/aromatic N) is 2. The Kier molecular flexibility index (Phi) is 5.30. The van der Waals surface area contributed by atoms with Gasteiger partial charge in [0.2, 0.25) is 0 Å². The van der Waals surface area contributed by atoms with E-state index in [1.165, 1.54) is 12.0 Å². The van der Waals surface area contributed by atoms with Crippen LogP contribution in [0.15, 0.2) is 42.6 Å². The van der Waals surface area contributed by atoms with Gasteiger partial charge in [-0.1, -0.05) is 39.8 Å². The summed E-state index contributed by atoms with van der Waals surface area (Å²) in [5.74, 6) is 0.613. The first-order valence-electron chi connectivity index (χ1n) is 9.46.